The number of sulfone groups is 1. The molecule has 1 aliphatic rings. The molecule has 0 saturated heterocycles. The summed E-state index contributed by atoms with van der Waals surface area (Å²) in [6.07, 6.45) is 6.75. The van der Waals surface area contributed by atoms with Crippen LogP contribution in [0.1, 0.15) is 25.8 Å². The fraction of sp³-hybridized carbons (Fsp3) is 0.214. The van der Waals surface area contributed by atoms with Crippen molar-refractivity contribution >= 4 is 9.84 Å². The molecule has 3 aromatic carbocycles. The van der Waals surface area contributed by atoms with Crippen LogP contribution in [0.2, 0.25) is 0 Å². The van der Waals surface area contributed by atoms with Crippen LogP contribution in [0, 0.1) is 0 Å². The van der Waals surface area contributed by atoms with Gasteiger partial charge in [0.25, 0.3) is 0 Å². The topological polar surface area (TPSA) is 72.8 Å². The van der Waals surface area contributed by atoms with Crippen LogP contribution in [0.5, 0.6) is 5.75 Å². The van der Waals surface area contributed by atoms with Gasteiger partial charge in [-0.3, -0.25) is 0 Å². The summed E-state index contributed by atoms with van der Waals surface area (Å²) < 4.78 is 37.2. The quantitative estimate of drug-likeness (QED) is 0.477. The smallest absolute Gasteiger partial charge is 0.206 e. The molecule has 0 aromatic heterocycles. The van der Waals surface area contributed by atoms with Crippen LogP contribution in [-0.2, 0) is 20.2 Å². The van der Waals surface area contributed by atoms with Crippen LogP contribution < -0.4 is 4.74 Å². The van der Waals surface area contributed by atoms with Crippen LogP contribution in [0.15, 0.2) is 107 Å². The minimum absolute atomic E-state index is 0.0913. The molecule has 176 valence electrons. The lowest BCUT2D eigenvalue weighted by atomic mass is 9.99. The van der Waals surface area contributed by atoms with Crippen molar-refractivity contribution in [1.29, 1.82) is 0 Å². The van der Waals surface area contributed by atoms with Crippen LogP contribution in [0.25, 0.3) is 11.1 Å². The Morgan fingerprint density at radius 2 is 1.38 bits per heavy atom. The lowest BCUT2D eigenvalue weighted by Crippen LogP contribution is -2.15. The molecule has 4 rings (SSSR count). The highest BCUT2D eigenvalue weighted by Gasteiger charge is 2.20. The van der Waals surface area contributed by atoms with Crippen LogP contribution >= 0.6 is 0 Å². The summed E-state index contributed by atoms with van der Waals surface area (Å²) >= 11 is 0. The number of allylic oxidation sites excluding steroid dienone is 1. The molecule has 34 heavy (non-hydrogen) atoms. The summed E-state index contributed by atoms with van der Waals surface area (Å²) in [4.78, 5) is 0.412. The molecule has 1 atom stereocenters. The fourth-order valence-electron chi connectivity index (χ4n) is 3.69. The number of rotatable bonds is 7. The summed E-state index contributed by atoms with van der Waals surface area (Å²) in [5.41, 5.74) is 1.49. The number of benzene rings is 3. The third kappa shape index (κ3) is 5.30. The van der Waals surface area contributed by atoms with Gasteiger partial charge in [-0.2, -0.15) is 0 Å². The zero-order valence-corrected chi connectivity index (χ0v) is 20.2. The molecule has 0 saturated carbocycles. The Labute approximate surface area is 200 Å². The largest absolute Gasteiger partial charge is 0.458 e. The fourth-order valence-corrected chi connectivity index (χ4v) is 4.95. The van der Waals surface area contributed by atoms with Crippen LogP contribution in [0.4, 0.5) is 0 Å². The van der Waals surface area contributed by atoms with E-state index in [9.17, 15) is 13.5 Å². The Bertz CT molecular complexity index is 1300. The Balaban J connectivity index is 1.47. The van der Waals surface area contributed by atoms with E-state index in [0.29, 0.717) is 5.56 Å². The van der Waals surface area contributed by atoms with Crippen LogP contribution in [0.3, 0.4) is 0 Å². The van der Waals surface area contributed by atoms with Gasteiger partial charge in [-0.1, -0.05) is 42.5 Å². The molecule has 1 unspecified atom stereocenters. The van der Waals surface area contributed by atoms with Crippen molar-refractivity contribution in [3.8, 4) is 16.9 Å². The van der Waals surface area contributed by atoms with Crippen LogP contribution in [-0.4, -0.2) is 26.7 Å². The molecule has 0 fully saturated rings. The monoisotopic (exact) mass is 476 g/mol. The molecular formula is C28H28O5S. The van der Waals surface area contributed by atoms with Crippen molar-refractivity contribution in [2.75, 3.05) is 7.11 Å². The van der Waals surface area contributed by atoms with Gasteiger partial charge in [-0.25, -0.2) is 8.42 Å². The van der Waals surface area contributed by atoms with Crippen molar-refractivity contribution in [1.82, 2.24) is 0 Å². The molecule has 1 N–H and O–H groups in total. The Kier molecular flexibility index (Phi) is 6.75. The van der Waals surface area contributed by atoms with E-state index in [2.05, 4.69) is 0 Å². The van der Waals surface area contributed by atoms with Gasteiger partial charge in [-0.05, 0) is 85.5 Å². The van der Waals surface area contributed by atoms with Crippen molar-refractivity contribution < 1.29 is 23.0 Å². The van der Waals surface area contributed by atoms with E-state index in [1.54, 1.807) is 57.4 Å². The highest BCUT2D eigenvalue weighted by Crippen LogP contribution is 2.28. The van der Waals surface area contributed by atoms with Gasteiger partial charge in [0, 0.05) is 7.11 Å². The van der Waals surface area contributed by atoms with E-state index in [1.807, 2.05) is 42.5 Å². The summed E-state index contributed by atoms with van der Waals surface area (Å²) in [6.45, 7) is 3.32. The summed E-state index contributed by atoms with van der Waals surface area (Å²) in [5.74, 6) is 1.51. The maximum absolute atomic E-state index is 13.0. The lowest BCUT2D eigenvalue weighted by Gasteiger charge is -2.18. The van der Waals surface area contributed by atoms with E-state index >= 15 is 0 Å². The number of aliphatic hydroxyl groups is 1. The average molecular weight is 477 g/mol. The Morgan fingerprint density at radius 3 is 1.85 bits per heavy atom. The number of methoxy groups -OCH3 is 1. The first-order chi connectivity index (χ1) is 16.2. The highest BCUT2D eigenvalue weighted by atomic mass is 32.2. The van der Waals surface area contributed by atoms with Gasteiger partial charge in [0.15, 0.2) is 0 Å². The second-order valence-electron chi connectivity index (χ2n) is 8.71. The molecule has 5 nitrogen and oxygen atoms in total. The Morgan fingerprint density at radius 1 is 0.853 bits per heavy atom. The average Bonchev–Trinajstić information content (AvgIpc) is 2.85. The minimum Gasteiger partial charge on any atom is -0.458 e. The SMILES string of the molecule is COC1C=CC(Oc2ccc(-c3ccc(S(=O)(=O)c4ccc(C(C)(C)O)cc4)cc3)cc2)=CC1. The van der Waals surface area contributed by atoms with Crippen molar-refractivity contribution in [3.05, 3.63) is 102 Å². The maximum Gasteiger partial charge on any atom is 0.206 e. The second-order valence-corrected chi connectivity index (χ2v) is 10.7. The molecule has 3 aromatic rings. The van der Waals surface area contributed by atoms with E-state index in [1.165, 1.54) is 12.1 Å². The van der Waals surface area contributed by atoms with Crippen molar-refractivity contribution in [3.63, 3.8) is 0 Å². The van der Waals surface area contributed by atoms with E-state index in [4.69, 9.17) is 9.47 Å². The predicted molar refractivity (Wildman–Crippen MR) is 132 cm³/mol. The van der Waals surface area contributed by atoms with Gasteiger partial charge >= 0.3 is 0 Å². The zero-order valence-electron chi connectivity index (χ0n) is 19.4. The molecule has 0 bridgehead atoms. The normalized spacial score (nSPS) is 16.2. The molecule has 0 aliphatic heterocycles. The molecule has 0 radical (unpaired) electrons. The third-order valence-electron chi connectivity index (χ3n) is 5.79. The summed E-state index contributed by atoms with van der Waals surface area (Å²) in [7, 11) is -1.97. The first-order valence-corrected chi connectivity index (χ1v) is 12.5. The van der Waals surface area contributed by atoms with E-state index in [-0.39, 0.29) is 15.9 Å². The summed E-state index contributed by atoms with van der Waals surface area (Å²) in [6, 6.07) is 20.8. The molecule has 0 amide bonds. The number of ether oxygens (including phenoxy) is 2. The highest BCUT2D eigenvalue weighted by molar-refractivity contribution is 7.91. The van der Waals surface area contributed by atoms with Gasteiger partial charge in [-0.15, -0.1) is 0 Å². The molecular weight excluding hydrogens is 448 g/mol. The first-order valence-electron chi connectivity index (χ1n) is 11.0. The van der Waals surface area contributed by atoms with Gasteiger partial charge < -0.3 is 14.6 Å². The molecule has 0 spiro atoms. The zero-order chi connectivity index (χ0) is 24.3. The van der Waals surface area contributed by atoms with Gasteiger partial charge in [0.05, 0.1) is 21.5 Å². The standard InChI is InChI=1S/C28H28O5S/c1-28(2,29)22-8-18-27(19-9-22)34(30,31)26-16-6-21(7-17-26)20-4-10-24(11-5-20)33-25-14-12-23(32-3)13-15-25/h4-12,14-19,23,29H,13H2,1-3H3. The molecule has 6 heteroatoms. The van der Waals surface area contributed by atoms with Gasteiger partial charge in [0.2, 0.25) is 9.84 Å². The van der Waals surface area contributed by atoms with Gasteiger partial charge in [0.1, 0.15) is 11.5 Å². The maximum atomic E-state index is 13.0. The molecule has 0 heterocycles. The number of hydrogen-bond donors (Lipinski definition) is 1. The Hall–Kier alpha value is -3.19. The molecule has 1 aliphatic carbocycles. The number of hydrogen-bond acceptors (Lipinski definition) is 5. The van der Waals surface area contributed by atoms with Crippen molar-refractivity contribution in [2.45, 2.75) is 41.8 Å². The van der Waals surface area contributed by atoms with E-state index in [0.717, 1.165) is 29.1 Å². The minimum atomic E-state index is -3.65. The second kappa shape index (κ2) is 9.58. The van der Waals surface area contributed by atoms with E-state index < -0.39 is 15.4 Å². The summed E-state index contributed by atoms with van der Waals surface area (Å²) in [5, 5.41) is 10.1. The third-order valence-corrected chi connectivity index (χ3v) is 7.57. The predicted octanol–water partition coefficient (Wildman–Crippen LogP) is 5.65. The first kappa shape index (κ1) is 24.0. The lowest BCUT2D eigenvalue weighted by molar-refractivity contribution is 0.0785. The van der Waals surface area contributed by atoms with Crippen molar-refractivity contribution in [2.24, 2.45) is 0 Å².